The van der Waals surface area contributed by atoms with Crippen molar-refractivity contribution >= 4 is 17.7 Å². The van der Waals surface area contributed by atoms with Crippen molar-refractivity contribution in [1.82, 2.24) is 5.32 Å². The zero-order chi connectivity index (χ0) is 17.6. The SMILES string of the molecule is O=C(CSc1cccc(C(F)(F)F)c1)NCCc1cccc(F)c1. The van der Waals surface area contributed by atoms with Gasteiger partial charge < -0.3 is 5.32 Å². The Bertz CT molecular complexity index is 703. The molecule has 2 nitrogen and oxygen atoms in total. The molecule has 0 fully saturated rings. The largest absolute Gasteiger partial charge is 0.416 e. The third kappa shape index (κ3) is 5.88. The van der Waals surface area contributed by atoms with E-state index in [0.717, 1.165) is 29.5 Å². The fourth-order valence-corrected chi connectivity index (χ4v) is 2.79. The molecule has 0 unspecified atom stereocenters. The van der Waals surface area contributed by atoms with Gasteiger partial charge in [-0.15, -0.1) is 11.8 Å². The number of rotatable bonds is 6. The zero-order valence-corrected chi connectivity index (χ0v) is 13.4. The molecule has 1 amide bonds. The lowest BCUT2D eigenvalue weighted by Gasteiger charge is -2.09. The van der Waals surface area contributed by atoms with E-state index in [1.165, 1.54) is 24.3 Å². The van der Waals surface area contributed by atoms with Gasteiger partial charge in [-0.3, -0.25) is 4.79 Å². The summed E-state index contributed by atoms with van der Waals surface area (Å²) in [5.74, 6) is -0.600. The number of halogens is 4. The molecule has 0 aliphatic heterocycles. The van der Waals surface area contributed by atoms with Crippen LogP contribution in [-0.4, -0.2) is 18.2 Å². The molecule has 7 heteroatoms. The van der Waals surface area contributed by atoms with Gasteiger partial charge in [0.1, 0.15) is 5.82 Å². The molecule has 0 bridgehead atoms. The lowest BCUT2D eigenvalue weighted by Crippen LogP contribution is -2.27. The van der Waals surface area contributed by atoms with E-state index in [-0.39, 0.29) is 17.5 Å². The van der Waals surface area contributed by atoms with E-state index < -0.39 is 11.7 Å². The summed E-state index contributed by atoms with van der Waals surface area (Å²) in [6.07, 6.45) is -3.92. The highest BCUT2D eigenvalue weighted by atomic mass is 32.2. The van der Waals surface area contributed by atoms with Gasteiger partial charge in [-0.2, -0.15) is 13.2 Å². The van der Waals surface area contributed by atoms with E-state index in [9.17, 15) is 22.4 Å². The maximum atomic E-state index is 13.0. The summed E-state index contributed by atoms with van der Waals surface area (Å²) in [5.41, 5.74) is 0.0276. The van der Waals surface area contributed by atoms with Crippen LogP contribution in [0.3, 0.4) is 0 Å². The number of carbonyl (C=O) groups excluding carboxylic acids is 1. The predicted octanol–water partition coefficient (Wildman–Crippen LogP) is 4.30. The van der Waals surface area contributed by atoms with E-state index >= 15 is 0 Å². The Morgan fingerprint density at radius 3 is 2.54 bits per heavy atom. The van der Waals surface area contributed by atoms with Gasteiger partial charge in [-0.05, 0) is 42.3 Å². The van der Waals surface area contributed by atoms with Gasteiger partial charge in [0.2, 0.25) is 5.91 Å². The normalized spacial score (nSPS) is 11.3. The molecule has 0 radical (unpaired) electrons. The number of alkyl halides is 3. The number of hydrogen-bond donors (Lipinski definition) is 1. The Morgan fingerprint density at radius 2 is 1.83 bits per heavy atom. The van der Waals surface area contributed by atoms with E-state index in [1.54, 1.807) is 12.1 Å². The van der Waals surface area contributed by atoms with Crippen LogP contribution in [0.1, 0.15) is 11.1 Å². The van der Waals surface area contributed by atoms with Gasteiger partial charge in [0.05, 0.1) is 11.3 Å². The summed E-state index contributed by atoms with van der Waals surface area (Å²) in [5, 5.41) is 2.66. The third-order valence-corrected chi connectivity index (χ3v) is 4.15. The Morgan fingerprint density at radius 1 is 1.08 bits per heavy atom. The van der Waals surface area contributed by atoms with Crippen LogP contribution < -0.4 is 5.32 Å². The molecule has 0 atom stereocenters. The topological polar surface area (TPSA) is 29.1 Å². The van der Waals surface area contributed by atoms with E-state index in [0.29, 0.717) is 17.9 Å². The monoisotopic (exact) mass is 357 g/mol. The number of benzene rings is 2. The Hall–Kier alpha value is -2.02. The van der Waals surface area contributed by atoms with Crippen molar-refractivity contribution in [3.05, 3.63) is 65.5 Å². The molecular weight excluding hydrogens is 342 g/mol. The fourth-order valence-electron chi connectivity index (χ4n) is 2.00. The van der Waals surface area contributed by atoms with Gasteiger partial charge in [-0.1, -0.05) is 18.2 Å². The zero-order valence-electron chi connectivity index (χ0n) is 12.6. The quantitative estimate of drug-likeness (QED) is 0.617. The molecule has 0 heterocycles. The minimum atomic E-state index is -4.40. The first-order valence-corrected chi connectivity index (χ1v) is 8.14. The average molecular weight is 357 g/mol. The summed E-state index contributed by atoms with van der Waals surface area (Å²) in [4.78, 5) is 12.1. The lowest BCUT2D eigenvalue weighted by molar-refractivity contribution is -0.137. The maximum absolute atomic E-state index is 13.0. The van der Waals surface area contributed by atoms with Crippen molar-refractivity contribution in [3.63, 3.8) is 0 Å². The molecular formula is C17H15F4NOS. The van der Waals surface area contributed by atoms with Gasteiger partial charge >= 0.3 is 6.18 Å². The van der Waals surface area contributed by atoms with Crippen LogP contribution in [0.4, 0.5) is 17.6 Å². The second-order valence-corrected chi connectivity index (χ2v) is 6.09. The molecule has 0 saturated heterocycles. The molecule has 2 aromatic carbocycles. The second-order valence-electron chi connectivity index (χ2n) is 5.04. The van der Waals surface area contributed by atoms with Gasteiger partial charge in [-0.25, -0.2) is 4.39 Å². The summed E-state index contributed by atoms with van der Waals surface area (Å²) in [7, 11) is 0. The van der Waals surface area contributed by atoms with Crippen LogP contribution in [0.15, 0.2) is 53.4 Å². The smallest absolute Gasteiger partial charge is 0.355 e. The maximum Gasteiger partial charge on any atom is 0.416 e. The van der Waals surface area contributed by atoms with Crippen molar-refractivity contribution in [1.29, 1.82) is 0 Å². The first kappa shape index (κ1) is 18.3. The summed E-state index contributed by atoms with van der Waals surface area (Å²) >= 11 is 1.04. The van der Waals surface area contributed by atoms with Crippen molar-refractivity contribution in [2.75, 3.05) is 12.3 Å². The fraction of sp³-hybridized carbons (Fsp3) is 0.235. The molecule has 24 heavy (non-hydrogen) atoms. The number of nitrogens with one attached hydrogen (secondary N) is 1. The first-order chi connectivity index (χ1) is 11.3. The summed E-state index contributed by atoms with van der Waals surface area (Å²) in [6, 6.07) is 10.9. The minimum absolute atomic E-state index is 0.0183. The molecule has 2 aromatic rings. The van der Waals surface area contributed by atoms with Gasteiger partial charge in [0.15, 0.2) is 0 Å². The van der Waals surface area contributed by atoms with Crippen LogP contribution >= 0.6 is 11.8 Å². The van der Waals surface area contributed by atoms with Crippen LogP contribution in [0, 0.1) is 5.82 Å². The van der Waals surface area contributed by atoms with Crippen molar-refractivity contribution in [2.24, 2.45) is 0 Å². The summed E-state index contributed by atoms with van der Waals surface area (Å²) < 4.78 is 50.8. The molecule has 0 spiro atoms. The molecule has 2 rings (SSSR count). The van der Waals surface area contributed by atoms with Crippen LogP contribution in [-0.2, 0) is 17.4 Å². The van der Waals surface area contributed by atoms with Crippen molar-refractivity contribution < 1.29 is 22.4 Å². The molecule has 0 saturated carbocycles. The van der Waals surface area contributed by atoms with E-state index in [2.05, 4.69) is 5.32 Å². The minimum Gasteiger partial charge on any atom is -0.355 e. The van der Waals surface area contributed by atoms with Crippen LogP contribution in [0.5, 0.6) is 0 Å². The molecule has 128 valence electrons. The number of amides is 1. The second kappa shape index (κ2) is 8.19. The first-order valence-electron chi connectivity index (χ1n) is 7.16. The van der Waals surface area contributed by atoms with E-state index in [1.807, 2.05) is 0 Å². The lowest BCUT2D eigenvalue weighted by atomic mass is 10.1. The molecule has 1 N–H and O–H groups in total. The third-order valence-electron chi connectivity index (χ3n) is 3.16. The Balaban J connectivity index is 1.77. The molecule has 0 aliphatic carbocycles. The van der Waals surface area contributed by atoms with Gasteiger partial charge in [0.25, 0.3) is 0 Å². The Labute approximate surface area is 141 Å². The van der Waals surface area contributed by atoms with Gasteiger partial charge in [0, 0.05) is 11.4 Å². The molecule has 0 aromatic heterocycles. The van der Waals surface area contributed by atoms with Crippen molar-refractivity contribution in [2.45, 2.75) is 17.5 Å². The number of hydrogen-bond acceptors (Lipinski definition) is 2. The van der Waals surface area contributed by atoms with E-state index in [4.69, 9.17) is 0 Å². The average Bonchev–Trinajstić information content (AvgIpc) is 2.52. The number of thioether (sulfide) groups is 1. The molecule has 0 aliphatic rings. The van der Waals surface area contributed by atoms with Crippen LogP contribution in [0.25, 0.3) is 0 Å². The highest BCUT2D eigenvalue weighted by Crippen LogP contribution is 2.31. The highest BCUT2D eigenvalue weighted by Gasteiger charge is 2.30. The number of carbonyl (C=O) groups is 1. The predicted molar refractivity (Wildman–Crippen MR) is 85.3 cm³/mol. The standard InChI is InChI=1S/C17H15F4NOS/c18-14-5-1-3-12(9-14)7-8-22-16(23)11-24-15-6-2-4-13(10-15)17(19,20)21/h1-6,9-10H,7-8,11H2,(H,22,23). The van der Waals surface area contributed by atoms with Crippen LogP contribution in [0.2, 0.25) is 0 Å². The van der Waals surface area contributed by atoms with Crippen molar-refractivity contribution in [3.8, 4) is 0 Å². The Kier molecular flexibility index (Phi) is 6.25. The summed E-state index contributed by atoms with van der Waals surface area (Å²) in [6.45, 7) is 0.339. The highest BCUT2D eigenvalue weighted by molar-refractivity contribution is 8.00.